The van der Waals surface area contributed by atoms with E-state index in [4.69, 9.17) is 40.6 Å². The molecule has 37 heteroatoms. The first kappa shape index (κ1) is 131. The molecule has 19 unspecified atom stereocenters. The van der Waals surface area contributed by atoms with Gasteiger partial charge in [-0.25, -0.2) is 14.4 Å². The molecule has 3 aromatic rings. The molecule has 12 rings (SSSR count). The second-order valence-corrected chi connectivity index (χ2v) is 38.1. The quantitative estimate of drug-likeness (QED) is 0.0120. The third-order valence-electron chi connectivity index (χ3n) is 27.5. The van der Waals surface area contributed by atoms with E-state index in [1.54, 1.807) is 180 Å². The maximum atomic E-state index is 14.1. The number of aliphatic hydroxyl groups excluding tert-OH is 7. The molecule has 6 fully saturated rings. The number of ketones is 3. The van der Waals surface area contributed by atoms with Crippen LogP contribution in [0.2, 0.25) is 0 Å². The van der Waals surface area contributed by atoms with Gasteiger partial charge in [0.05, 0.1) is 88.9 Å². The Hall–Kier alpha value is 4.70. The molecule has 3 saturated carbocycles. The van der Waals surface area contributed by atoms with Gasteiger partial charge in [0, 0.05) is 345 Å². The van der Waals surface area contributed by atoms with Gasteiger partial charge in [-0.15, -0.1) is 11.8 Å². The van der Waals surface area contributed by atoms with Crippen LogP contribution in [0, 0.1) is 321 Å². The molecule has 0 spiro atoms. The number of fused-ring (bicyclic) bond motifs is 3. The Balaban J connectivity index is 0. The second kappa shape index (κ2) is 52.3. The summed E-state index contributed by atoms with van der Waals surface area (Å²) in [5, 5.41) is 149. The Morgan fingerprint density at radius 2 is 0.746 bits per heavy atom. The average molecular weight is 3230 g/mol. The Morgan fingerprint density at radius 1 is 0.476 bits per heavy atom. The number of alkyl halides is 1. The first-order valence-electron chi connectivity index (χ1n) is 39.6. The van der Waals surface area contributed by atoms with Crippen molar-refractivity contribution >= 4 is 115 Å². The summed E-state index contributed by atoms with van der Waals surface area (Å²) in [6, 6.07) is 24.7. The number of carbonyl (C=O) groups is 6. The third-order valence-corrected chi connectivity index (χ3v) is 29.0. The van der Waals surface area contributed by atoms with Crippen LogP contribution in [0.25, 0.3) is 0 Å². The van der Waals surface area contributed by atoms with E-state index in [2.05, 4.69) is 47.0 Å². The molecule has 0 amide bonds. The molecule has 26 atom stereocenters. The van der Waals surface area contributed by atoms with Gasteiger partial charge in [-0.1, -0.05) is 170 Å². The summed E-state index contributed by atoms with van der Waals surface area (Å²) in [5.74, 6) is -8.47. The zero-order valence-corrected chi connectivity index (χ0v) is 110. The number of aliphatic hydroxyl groups is 13. The SMILES string of the molecule is C.CC1=CC(C)(C)C(O)(C(OC(=O)c2ccccc2)C2[C@]3(O)COC3CC(O)[C@@]2(C)C(=O)C(C)O)CC1O.CC1=CC(C)(C)C(O)(C(OC(=O)c2ccccc2)C2[C@]3(O)COC3CC[C@@]2(C)C(=O)C(C)O)CC1O.CI.CSC(=S)[C@H]1CC2OC[C@@]2(O)C(C(OC(=O)c2ccccc2)C2(O)CC(O)C(C)=CC2(C)C)[C@]1(C)C(=O)C(C)O.S=C=S.[Ac].[Ac].[Ac].[Ac].[Ac].[Ac].[H-].[Na+]. The minimum atomic E-state index is -1.98. The molecule has 25 nitrogen and oxygen atoms in total. The van der Waals surface area contributed by atoms with Crippen LogP contribution in [0.3, 0.4) is 0 Å². The maximum absolute atomic E-state index is 14.1. The van der Waals surface area contributed by atoms with Crippen LogP contribution in [0.1, 0.15) is 189 Å². The van der Waals surface area contributed by atoms with E-state index >= 15 is 0 Å². The molecule has 3 aromatic carbocycles. The van der Waals surface area contributed by atoms with Crippen LogP contribution in [-0.4, -0.2) is 254 Å². The minimum absolute atomic E-state index is 0. The molecule has 6 aliphatic carbocycles. The Kier molecular flexibility index (Phi) is 54.2. The summed E-state index contributed by atoms with van der Waals surface area (Å²) in [6.45, 7) is 24.0. The van der Waals surface area contributed by atoms with Gasteiger partial charge in [0.15, 0.2) is 17.3 Å². The van der Waals surface area contributed by atoms with Crippen LogP contribution in [-0.2, 0) is 42.8 Å². The minimum Gasteiger partial charge on any atom is -1.00 e. The summed E-state index contributed by atoms with van der Waals surface area (Å²) in [4.78, 5) is 83.5. The van der Waals surface area contributed by atoms with Crippen LogP contribution in [0.4, 0.5) is 0 Å². The number of rotatable bonds is 19. The summed E-state index contributed by atoms with van der Waals surface area (Å²) in [7, 11) is 0. The van der Waals surface area contributed by atoms with Crippen molar-refractivity contribution in [3.63, 3.8) is 0 Å². The normalized spacial score (nSPS) is 35.3. The van der Waals surface area contributed by atoms with E-state index < -0.39 is 204 Å². The van der Waals surface area contributed by atoms with Gasteiger partial charge in [-0.05, 0) is 156 Å². The molecule has 3 heterocycles. The van der Waals surface area contributed by atoms with Crippen LogP contribution < -0.4 is 29.6 Å². The molecule has 0 bridgehead atoms. The van der Waals surface area contributed by atoms with Crippen LogP contribution >= 0.6 is 71.0 Å². The van der Waals surface area contributed by atoms with Gasteiger partial charge in [-0.3, -0.25) is 14.4 Å². The fourth-order valence-corrected chi connectivity index (χ4v) is 21.4. The van der Waals surface area contributed by atoms with Gasteiger partial charge in [0.1, 0.15) is 70.2 Å². The first-order valence-corrected chi connectivity index (χ1v) is 44.2. The molecule has 13 N–H and O–H groups in total. The predicted molar refractivity (Wildman–Crippen MR) is 467 cm³/mol. The number of esters is 3. The predicted octanol–water partition coefficient (Wildman–Crippen LogP) is 6.24. The van der Waals surface area contributed by atoms with Gasteiger partial charge in [-0.2, -0.15) is 0 Å². The van der Waals surface area contributed by atoms with Gasteiger partial charge < -0.3 is 96.2 Å². The van der Waals surface area contributed by atoms with Crippen molar-refractivity contribution < 1.29 is 419 Å². The smallest absolute Gasteiger partial charge is 1.00 e. The number of benzene rings is 3. The maximum Gasteiger partial charge on any atom is 1.00 e. The van der Waals surface area contributed by atoms with Crippen LogP contribution in [0.5, 0.6) is 0 Å². The topological polar surface area (TPSA) is 421 Å². The molecule has 6 radical (unpaired) electrons. The van der Waals surface area contributed by atoms with Gasteiger partial charge in [0.2, 0.25) is 0 Å². The molecule has 3 saturated heterocycles. The average Bonchev–Trinajstić information content (AvgIpc) is 0.694. The number of thiocarbonyl (C=S) groups is 3. The zero-order chi connectivity index (χ0) is 88.8. The number of hydrogen-bond acceptors (Lipinski definition) is 29. The van der Waals surface area contributed by atoms with Crippen molar-refractivity contribution in [1.82, 2.24) is 0 Å². The van der Waals surface area contributed by atoms with E-state index in [0.29, 0.717) is 27.3 Å². The number of carbonyl (C=O) groups excluding carboxylic acids is 6. The molecule has 9 aliphatic rings. The number of ether oxygens (including phenoxy) is 6. The molecular formula is C89H124Ac6INaO25S4. The fraction of sp³-hybridized carbons (Fsp3) is 0.640. The molecule has 126 heavy (non-hydrogen) atoms. The standard InChI is InChI=1S/C30H40O8S2.C28H38O9.C28H38O8.CH3I.CS2.CH4.6Ac.Na.H/c1-16-13-27(3,4)30(36,14-20(16)32)24(38-25(34)18-10-8-7-9-11-18)22-28(5,23(33)17(2)31)19(26(39)40-6)12-21-29(22,35)15-37-21;1-15-12-25(3,4)28(35,13-18(15)30)23(37-24(33)17-9-7-6-8-10-17)21-26(5,22(32)16(2)29)19(31)11-20-27(21,34)14-36-20;1-16-13-25(3,4)28(34,14-19(16)30)23(36-24(32)18-9-7-6-8-10-18)21-26(5,22(31)17(2)29)12-11-20-27(21,33)15-35-20;1-2;2-1-3;;;;;;;;;/h7-11,13,17,19-22,24,31-32,35-36H,12,14-15H2,1-6H3;6-10,12,16,18-21,23,29-31,34-35H,11,13-14H2,1-5H3;6-10,13,17,19-21,23,29-30,33-34H,11-12,14-15H2,1-5H3;1H3;;1H4;;;;;;;;/q;;;;;;;;;;;;+1;-1/t17?,19-,20?,21?,22?,24?,28-,29+,30?;16?,18?,19?,20?,21?,23?,26-,27+,28?;17?,19?,20?,21?,23?,26-,27+,28?;;;;;;;;;;;/m111.........../s1. The van der Waals surface area contributed by atoms with Gasteiger partial charge in [0.25, 0.3) is 0 Å². The molecular weight excluding hydrogens is 3110 g/mol. The summed E-state index contributed by atoms with van der Waals surface area (Å²) >= 11 is 17.1. The summed E-state index contributed by atoms with van der Waals surface area (Å²) < 4.78 is 37.8. The molecule has 680 valence electrons. The Morgan fingerprint density at radius 3 is 1.02 bits per heavy atom. The Bertz CT molecular complexity index is 4340. The van der Waals surface area contributed by atoms with E-state index in [1.807, 2.05) is 9.24 Å². The van der Waals surface area contributed by atoms with Crippen LogP contribution in [0.15, 0.2) is 126 Å². The van der Waals surface area contributed by atoms with Crippen molar-refractivity contribution in [3.8, 4) is 0 Å². The van der Waals surface area contributed by atoms with E-state index in [9.17, 15) is 95.2 Å². The number of thioether (sulfide) groups is 1. The van der Waals surface area contributed by atoms with Crippen molar-refractivity contribution in [2.24, 2.45) is 56.2 Å². The fourth-order valence-electron chi connectivity index (χ4n) is 20.5. The number of hydrogen-bond donors (Lipinski definition) is 13. The monoisotopic (exact) mass is 3230 g/mol. The second-order valence-electron chi connectivity index (χ2n) is 35.9. The first-order chi connectivity index (χ1) is 54.7. The van der Waals surface area contributed by atoms with E-state index in [1.165, 1.54) is 51.6 Å². The van der Waals surface area contributed by atoms with Crippen molar-refractivity contribution in [2.75, 3.05) is 31.0 Å². The number of Topliss-reactive ketones (excluding diaryl/α,β-unsaturated/α-hetero) is 3. The van der Waals surface area contributed by atoms with Crippen molar-refractivity contribution in [2.45, 2.75) is 269 Å². The molecule has 3 aliphatic heterocycles. The van der Waals surface area contributed by atoms with E-state index in [-0.39, 0.29) is 378 Å². The largest absolute Gasteiger partial charge is 1.00 e. The van der Waals surface area contributed by atoms with E-state index in [0.717, 1.165) is 0 Å². The Labute approximate surface area is 1010 Å². The van der Waals surface area contributed by atoms with Gasteiger partial charge >= 0.3 is 47.5 Å². The van der Waals surface area contributed by atoms with Crippen molar-refractivity contribution in [3.05, 3.63) is 143 Å². The summed E-state index contributed by atoms with van der Waals surface area (Å²) in [6.07, 6.45) is -8.30. The summed E-state index contributed by atoms with van der Waals surface area (Å²) in [5.41, 5.74) is -16.0. The van der Waals surface area contributed by atoms with Crippen molar-refractivity contribution in [1.29, 1.82) is 0 Å². The zero-order valence-electron chi connectivity index (χ0n) is 75.5. The third kappa shape index (κ3) is 25.7. The molecule has 0 aromatic heterocycles. The number of halogens is 1.